The molecule has 1 saturated carbocycles. The Morgan fingerprint density at radius 1 is 1.22 bits per heavy atom. The summed E-state index contributed by atoms with van der Waals surface area (Å²) in [7, 11) is 0. The number of aromatic nitrogens is 3. The fourth-order valence-electron chi connectivity index (χ4n) is 6.63. The quantitative estimate of drug-likeness (QED) is 0.391. The van der Waals surface area contributed by atoms with E-state index in [2.05, 4.69) is 32.5 Å². The van der Waals surface area contributed by atoms with Gasteiger partial charge in [-0.25, -0.2) is 13.8 Å². The number of hydrogen-bond acceptors (Lipinski definition) is 8. The lowest BCUT2D eigenvalue weighted by molar-refractivity contribution is -0.153. The fraction of sp³-hybridized carbons (Fsp3) is 0.710. The number of anilines is 1. The average Bonchev–Trinajstić information content (AvgIpc) is 3.70. The van der Waals surface area contributed by atoms with Crippen LogP contribution in [0.2, 0.25) is 0 Å². The van der Waals surface area contributed by atoms with E-state index in [1.165, 1.54) is 17.2 Å². The smallest absolute Gasteiger partial charge is 0.270 e. The number of nitrogens with one attached hydrogen (secondary N) is 2. The van der Waals surface area contributed by atoms with Crippen LogP contribution in [-0.4, -0.2) is 92.6 Å². The molecule has 0 unspecified atom stereocenters. The molecule has 3 amide bonds. The summed E-state index contributed by atoms with van der Waals surface area (Å²) in [6.07, 6.45) is 4.51. The van der Waals surface area contributed by atoms with E-state index in [0.717, 1.165) is 30.4 Å². The normalized spacial score (nSPS) is 29.4. The minimum atomic E-state index is -3.13. The second-order valence-corrected chi connectivity index (χ2v) is 13.7. The molecule has 3 aliphatic rings. The van der Waals surface area contributed by atoms with Crippen molar-refractivity contribution in [3.63, 3.8) is 0 Å². The number of ether oxygens (including phenoxy) is 1. The second-order valence-electron chi connectivity index (χ2n) is 12.6. The third-order valence-corrected chi connectivity index (χ3v) is 9.91. The number of nitrogens with zero attached hydrogens (tertiary/aromatic N) is 5. The topological polar surface area (TPSA) is 122 Å². The van der Waals surface area contributed by atoms with Crippen molar-refractivity contribution in [3.05, 3.63) is 29.0 Å². The highest BCUT2D eigenvalue weighted by atomic mass is 32.1. The molecular weight excluding hydrogens is 604 g/mol. The molecule has 0 aromatic carbocycles. The first kappa shape index (κ1) is 27.2. The van der Waals surface area contributed by atoms with E-state index in [1.807, 2.05) is 13.8 Å². The monoisotopic (exact) mass is 654 g/mol. The van der Waals surface area contributed by atoms with E-state index in [0.29, 0.717) is 41.4 Å². The third-order valence-electron chi connectivity index (χ3n) is 8.89. The summed E-state index contributed by atoms with van der Waals surface area (Å²) in [6, 6.07) is -0.650. The first-order valence-electron chi connectivity index (χ1n) is 18.0. The predicted octanol–water partition coefficient (Wildman–Crippen LogP) is 4.33. The van der Waals surface area contributed by atoms with Crippen LogP contribution in [0, 0.1) is 11.8 Å². The Morgan fingerprint density at radius 3 is 2.67 bits per heavy atom. The van der Waals surface area contributed by atoms with Gasteiger partial charge in [-0.15, -0.1) is 0 Å². The molecule has 11 nitrogen and oxygen atoms in total. The molecule has 2 aromatic heterocycles. The van der Waals surface area contributed by atoms with Crippen LogP contribution in [0.3, 0.4) is 0 Å². The van der Waals surface area contributed by atoms with Crippen LogP contribution in [0.15, 0.2) is 18.5 Å². The highest BCUT2D eigenvalue weighted by Gasteiger charge is 2.43. The number of thiazole rings is 1. The third kappa shape index (κ3) is 8.25. The minimum absolute atomic E-state index is 0.0881. The molecule has 2 N–H and O–H groups in total. The van der Waals surface area contributed by atoms with Gasteiger partial charge in [0.05, 0.1) is 32.4 Å². The number of piperidine rings is 1. The van der Waals surface area contributed by atoms with Crippen molar-refractivity contribution >= 4 is 34.2 Å². The molecule has 5 rings (SSSR count). The van der Waals surface area contributed by atoms with Crippen LogP contribution < -0.4 is 10.6 Å². The summed E-state index contributed by atoms with van der Waals surface area (Å²) in [5, 5.41) is 9.40. The zero-order valence-electron chi connectivity index (χ0n) is 30.8. The lowest BCUT2D eigenvalue weighted by Gasteiger charge is -2.42. The summed E-state index contributed by atoms with van der Waals surface area (Å²) in [4.78, 5) is 48.7. The lowest BCUT2D eigenvalue weighted by Crippen LogP contribution is -2.53. The number of amides is 3. The van der Waals surface area contributed by atoms with Gasteiger partial charge in [-0.2, -0.15) is 5.10 Å². The van der Waals surface area contributed by atoms with Crippen LogP contribution in [-0.2, 0) is 20.8 Å². The van der Waals surface area contributed by atoms with Crippen molar-refractivity contribution in [2.45, 2.75) is 103 Å². The van der Waals surface area contributed by atoms with Gasteiger partial charge in [0.2, 0.25) is 11.8 Å². The maximum absolute atomic E-state index is 14.6. The van der Waals surface area contributed by atoms with Crippen molar-refractivity contribution in [1.82, 2.24) is 29.9 Å². The Bertz CT molecular complexity index is 1520. The molecule has 2 aromatic rings. The van der Waals surface area contributed by atoms with Crippen LogP contribution in [0.25, 0.3) is 0 Å². The van der Waals surface area contributed by atoms with Crippen LogP contribution in [0.4, 0.5) is 13.9 Å². The highest BCUT2D eigenvalue weighted by molar-refractivity contribution is 7.15. The number of likely N-dealkylation sites (tertiary alicyclic amines) is 1. The van der Waals surface area contributed by atoms with Crippen molar-refractivity contribution in [3.8, 4) is 0 Å². The van der Waals surface area contributed by atoms with Gasteiger partial charge in [0, 0.05) is 55.5 Å². The molecule has 2 saturated heterocycles. The van der Waals surface area contributed by atoms with Gasteiger partial charge in [-0.3, -0.25) is 24.0 Å². The number of alkyl halides is 2. The molecular formula is C31H45F2N7O4S. The summed E-state index contributed by atoms with van der Waals surface area (Å²) in [5.41, 5.74) is -0.359. The van der Waals surface area contributed by atoms with Gasteiger partial charge in [0.1, 0.15) is 11.7 Å². The Morgan fingerprint density at radius 2 is 1.96 bits per heavy atom. The standard InChI is InChI=1S/C31H45F2N7O4S/c1-5-40-23(11-13-35-40)28(42)36-27(22-8-6-19(2)7-9-22)29(43)37-30-34-14-25(45-30)24(17-38-15-20(3)44-21(4)16-38)39-18-31(32,33)12-10-26(39)41/h11,13-14,19-22,24,27H,5-10,12,15-18H2,1-4H3,(H,36,42)(H,34,37,43)/t19?,20-,21-,22?,24+,27-/m0/s1/i1D3,5D2. The van der Waals surface area contributed by atoms with Crippen LogP contribution in [0.5, 0.6) is 0 Å². The SMILES string of the molecule is [2H]C([2H])([2H])C([2H])([2H])n1nccc1C(=O)N[C@H](C(=O)Nc1ncc([C@@H](CN2C[C@H](C)O[C@@H](C)C2)N2CC(F)(F)CCC2=O)s1)C1CCC(C)CC1. The average molecular weight is 655 g/mol. The summed E-state index contributed by atoms with van der Waals surface area (Å²) in [5.74, 6) is -4.73. The van der Waals surface area contributed by atoms with Gasteiger partial charge >= 0.3 is 0 Å². The van der Waals surface area contributed by atoms with Crippen molar-refractivity contribution in [2.24, 2.45) is 11.8 Å². The second kappa shape index (κ2) is 14.2. The predicted molar refractivity (Wildman–Crippen MR) is 166 cm³/mol. The molecule has 3 fully saturated rings. The number of aryl methyl sites for hydroxylation is 1. The zero-order valence-corrected chi connectivity index (χ0v) is 26.6. The molecule has 0 bridgehead atoms. The number of rotatable bonds is 10. The van der Waals surface area contributed by atoms with E-state index in [9.17, 15) is 23.2 Å². The molecule has 45 heavy (non-hydrogen) atoms. The van der Waals surface area contributed by atoms with Crippen molar-refractivity contribution in [2.75, 3.05) is 31.5 Å². The molecule has 4 heterocycles. The first-order valence-corrected chi connectivity index (χ1v) is 16.3. The molecule has 1 aliphatic carbocycles. The Kier molecular flexibility index (Phi) is 8.58. The van der Waals surface area contributed by atoms with Crippen molar-refractivity contribution < 1.29 is 34.8 Å². The van der Waals surface area contributed by atoms with Gasteiger partial charge < -0.3 is 20.3 Å². The van der Waals surface area contributed by atoms with E-state index in [1.54, 1.807) is 0 Å². The van der Waals surface area contributed by atoms with E-state index >= 15 is 0 Å². The molecule has 0 radical (unpaired) electrons. The van der Waals surface area contributed by atoms with Gasteiger partial charge in [-0.05, 0) is 51.4 Å². The maximum Gasteiger partial charge on any atom is 0.270 e. The number of morpholine rings is 1. The van der Waals surface area contributed by atoms with Crippen LogP contribution in [0.1, 0.15) is 94.4 Å². The van der Waals surface area contributed by atoms with Gasteiger partial charge in [0.15, 0.2) is 5.13 Å². The van der Waals surface area contributed by atoms with E-state index in [4.69, 9.17) is 11.6 Å². The Labute approximate surface area is 274 Å². The van der Waals surface area contributed by atoms with Crippen LogP contribution >= 0.6 is 11.3 Å². The number of hydrogen-bond donors (Lipinski definition) is 2. The van der Waals surface area contributed by atoms with Gasteiger partial charge in [0.25, 0.3) is 11.8 Å². The number of carbonyl (C=O) groups is 3. The maximum atomic E-state index is 14.6. The number of halogens is 2. The van der Waals surface area contributed by atoms with E-state index in [-0.39, 0.29) is 47.8 Å². The number of carbonyl (C=O) groups excluding carboxylic acids is 3. The largest absolute Gasteiger partial charge is 0.373 e. The molecule has 0 spiro atoms. The van der Waals surface area contributed by atoms with Crippen molar-refractivity contribution in [1.29, 1.82) is 0 Å². The highest BCUT2D eigenvalue weighted by Crippen LogP contribution is 2.37. The molecule has 14 heteroatoms. The summed E-state index contributed by atoms with van der Waals surface area (Å²) in [6.45, 7) is 0.487. The minimum Gasteiger partial charge on any atom is -0.373 e. The molecule has 248 valence electrons. The van der Waals surface area contributed by atoms with Gasteiger partial charge in [-0.1, -0.05) is 31.1 Å². The first-order chi connectivity index (χ1) is 23.3. The molecule has 4 atom stereocenters. The molecule has 2 aliphatic heterocycles. The van der Waals surface area contributed by atoms with E-state index < -0.39 is 56.1 Å². The Balaban J connectivity index is 1.38. The lowest BCUT2D eigenvalue weighted by atomic mass is 9.79. The Hall–Kier alpha value is -2.97. The summed E-state index contributed by atoms with van der Waals surface area (Å²) < 4.78 is 74.7. The zero-order chi connectivity index (χ0) is 36.6. The fourth-order valence-corrected chi connectivity index (χ4v) is 7.56. The summed E-state index contributed by atoms with van der Waals surface area (Å²) >= 11 is 1.07.